The third kappa shape index (κ3) is 4.72. The molecule has 9 nitrogen and oxygen atoms in total. The van der Waals surface area contributed by atoms with E-state index in [0.717, 1.165) is 16.8 Å². The van der Waals surface area contributed by atoms with E-state index in [1.54, 1.807) is 6.92 Å². The van der Waals surface area contributed by atoms with E-state index in [1.807, 2.05) is 0 Å². The van der Waals surface area contributed by atoms with Gasteiger partial charge in [-0.2, -0.15) is 13.5 Å². The van der Waals surface area contributed by atoms with Gasteiger partial charge in [-0.3, -0.25) is 14.4 Å². The molecule has 2 N–H and O–H groups in total. The molecular weight excluding hydrogens is 419 g/mol. The van der Waals surface area contributed by atoms with Crippen molar-refractivity contribution in [3.8, 4) is 11.4 Å². The Kier molecular flexibility index (Phi) is 6.86. The molecule has 0 aliphatic carbocycles. The van der Waals surface area contributed by atoms with Crippen molar-refractivity contribution in [1.82, 2.24) is 9.78 Å². The predicted molar refractivity (Wildman–Crippen MR) is 96.0 cm³/mol. The van der Waals surface area contributed by atoms with Gasteiger partial charge in [0.1, 0.15) is 0 Å². The molecule has 0 spiro atoms. The Labute approximate surface area is 186 Å². The van der Waals surface area contributed by atoms with E-state index in [9.17, 15) is 22.9 Å². The molecule has 0 fully saturated rings. The van der Waals surface area contributed by atoms with Crippen molar-refractivity contribution < 1.29 is 47.6 Å². The van der Waals surface area contributed by atoms with E-state index in [2.05, 4.69) is 15.3 Å². The molecule has 3 aromatic rings. The van der Waals surface area contributed by atoms with Gasteiger partial charge >= 0.3 is 29.6 Å². The number of benzene rings is 2. The average Bonchev–Trinajstić information content (AvgIpc) is 2.88. The van der Waals surface area contributed by atoms with E-state index in [1.165, 1.54) is 30.3 Å². The summed E-state index contributed by atoms with van der Waals surface area (Å²) in [4.78, 5) is 12.2. The monoisotopic (exact) mass is 430 g/mol. The molecule has 1 heterocycles. The van der Waals surface area contributed by atoms with Gasteiger partial charge in [0.25, 0.3) is 15.7 Å². The van der Waals surface area contributed by atoms with E-state index in [4.69, 9.17) is 11.6 Å². The van der Waals surface area contributed by atoms with Crippen LogP contribution in [0, 0.1) is 6.92 Å². The summed E-state index contributed by atoms with van der Waals surface area (Å²) in [6, 6.07) is 8.96. The molecule has 0 radical (unpaired) electrons. The van der Waals surface area contributed by atoms with Gasteiger partial charge in [0.2, 0.25) is 0 Å². The van der Waals surface area contributed by atoms with Gasteiger partial charge in [0, 0.05) is 0 Å². The van der Waals surface area contributed by atoms with Crippen LogP contribution in [0.25, 0.3) is 5.69 Å². The Morgan fingerprint density at radius 3 is 2.39 bits per heavy atom. The Bertz CT molecular complexity index is 1200. The molecular formula is C16H12ClN4NaO5S. The molecule has 0 bridgehead atoms. The number of hydrogen-bond donors (Lipinski definition) is 2. The quantitative estimate of drug-likeness (QED) is 0.337. The largest absolute Gasteiger partial charge is 1.00 e. The molecule has 0 aliphatic heterocycles. The van der Waals surface area contributed by atoms with Gasteiger partial charge in [-0.05, 0) is 37.3 Å². The molecule has 2 aromatic carbocycles. The molecule has 1 aromatic heterocycles. The summed E-state index contributed by atoms with van der Waals surface area (Å²) in [5, 5.41) is 21.7. The number of H-pyrrole nitrogens is 1. The van der Waals surface area contributed by atoms with Crippen LogP contribution in [0.5, 0.6) is 5.75 Å². The average molecular weight is 431 g/mol. The zero-order valence-electron chi connectivity index (χ0n) is 14.7. The zero-order chi connectivity index (χ0) is 19.8. The van der Waals surface area contributed by atoms with Crippen LogP contribution >= 0.6 is 11.6 Å². The number of aromatic nitrogens is 2. The normalized spacial score (nSPS) is 11.5. The van der Waals surface area contributed by atoms with Gasteiger partial charge in [0.15, 0.2) is 5.69 Å². The second-order valence-corrected chi connectivity index (χ2v) is 7.34. The number of aromatic amines is 1. The van der Waals surface area contributed by atoms with Gasteiger partial charge < -0.3 is 5.11 Å². The number of rotatable bonds is 4. The molecule has 0 atom stereocenters. The maximum absolute atomic E-state index is 12.6. The van der Waals surface area contributed by atoms with E-state index in [0.29, 0.717) is 11.4 Å². The van der Waals surface area contributed by atoms with Gasteiger partial charge in [-0.25, -0.2) is 4.68 Å². The fourth-order valence-corrected chi connectivity index (χ4v) is 2.97. The first-order valence-electron chi connectivity index (χ1n) is 7.44. The minimum absolute atomic E-state index is 0. The molecule has 140 valence electrons. The summed E-state index contributed by atoms with van der Waals surface area (Å²) in [6.07, 6.45) is 0. The van der Waals surface area contributed by atoms with Crippen LogP contribution in [0.4, 0.5) is 11.4 Å². The Morgan fingerprint density at radius 2 is 1.79 bits per heavy atom. The summed E-state index contributed by atoms with van der Waals surface area (Å²) in [5.41, 5.74) is 0.128. The molecule has 0 amide bonds. The number of nitrogens with zero attached hydrogens (tertiary/aromatic N) is 3. The van der Waals surface area contributed by atoms with Crippen molar-refractivity contribution in [2.24, 2.45) is 10.2 Å². The summed E-state index contributed by atoms with van der Waals surface area (Å²) >= 11 is 6.06. The standard InChI is InChI=1S/C16H13ClN4O5S.Na/c1-9-15(19-18-10-2-4-11(22)5-3-10)16(23)21(20-9)14-8-12(27(24,25)26)6-7-13(14)17;/h2-8,20,22H,1H3,(H,24,25,26);/q;+1/p-1. The second-order valence-electron chi connectivity index (χ2n) is 5.51. The number of azo groups is 1. The topological polar surface area (TPSA) is 140 Å². The Morgan fingerprint density at radius 1 is 1.14 bits per heavy atom. The fraction of sp³-hybridized carbons (Fsp3) is 0.0625. The van der Waals surface area contributed by atoms with Gasteiger partial charge in [0.05, 0.1) is 27.0 Å². The molecule has 0 unspecified atom stereocenters. The SMILES string of the molecule is Cc1[nH]n(-c2cc(S(=O)(=O)O)ccc2Cl)c(=O)c1N=Nc1ccc([O-])cc1.[Na+]. The summed E-state index contributed by atoms with van der Waals surface area (Å²) < 4.78 is 32.8. The molecule has 12 heteroatoms. The van der Waals surface area contributed by atoms with Crippen LogP contribution in [-0.2, 0) is 10.1 Å². The van der Waals surface area contributed by atoms with Crippen LogP contribution in [0.2, 0.25) is 5.02 Å². The maximum Gasteiger partial charge on any atom is 1.00 e. The zero-order valence-corrected chi connectivity index (χ0v) is 18.3. The number of aryl methyl sites for hydroxylation is 1. The van der Waals surface area contributed by atoms with E-state index < -0.39 is 20.6 Å². The van der Waals surface area contributed by atoms with Crippen LogP contribution in [0.1, 0.15) is 5.69 Å². The van der Waals surface area contributed by atoms with E-state index in [-0.39, 0.29) is 51.7 Å². The van der Waals surface area contributed by atoms with Crippen LogP contribution < -0.4 is 40.2 Å². The first-order chi connectivity index (χ1) is 12.7. The molecule has 28 heavy (non-hydrogen) atoms. The molecule has 0 saturated heterocycles. The first kappa shape index (κ1) is 22.3. The maximum atomic E-state index is 12.6. The van der Waals surface area contributed by atoms with Crippen molar-refractivity contribution in [1.29, 1.82) is 0 Å². The fourth-order valence-electron chi connectivity index (χ4n) is 2.27. The smallest absolute Gasteiger partial charge is 0.872 e. The third-order valence-corrected chi connectivity index (χ3v) is 4.77. The van der Waals surface area contributed by atoms with Gasteiger partial charge in [-0.1, -0.05) is 23.7 Å². The molecule has 3 rings (SSSR count). The van der Waals surface area contributed by atoms with E-state index >= 15 is 0 Å². The number of hydrogen-bond acceptors (Lipinski definition) is 6. The number of halogens is 1. The molecule has 0 aliphatic rings. The molecule has 0 saturated carbocycles. The van der Waals surface area contributed by atoms with Crippen LogP contribution in [0.3, 0.4) is 0 Å². The minimum Gasteiger partial charge on any atom is -0.872 e. The van der Waals surface area contributed by atoms with Crippen molar-refractivity contribution in [2.75, 3.05) is 0 Å². The van der Waals surface area contributed by atoms with Crippen LogP contribution in [0.15, 0.2) is 62.4 Å². The summed E-state index contributed by atoms with van der Waals surface area (Å²) in [5.74, 6) is -0.178. The van der Waals surface area contributed by atoms with Crippen molar-refractivity contribution in [3.63, 3.8) is 0 Å². The van der Waals surface area contributed by atoms with Crippen molar-refractivity contribution in [2.45, 2.75) is 11.8 Å². The Balaban J connectivity index is 0.00000280. The Hall–Kier alpha value is -1.95. The minimum atomic E-state index is -4.47. The van der Waals surface area contributed by atoms with Crippen LogP contribution in [-0.4, -0.2) is 22.8 Å². The summed E-state index contributed by atoms with van der Waals surface area (Å²) in [6.45, 7) is 1.58. The van der Waals surface area contributed by atoms with Crippen molar-refractivity contribution in [3.05, 3.63) is 63.5 Å². The summed E-state index contributed by atoms with van der Waals surface area (Å²) in [7, 11) is -4.47. The third-order valence-electron chi connectivity index (χ3n) is 3.60. The van der Waals surface area contributed by atoms with Crippen molar-refractivity contribution >= 4 is 33.1 Å². The second kappa shape index (κ2) is 8.60. The van der Waals surface area contributed by atoms with Gasteiger partial charge in [-0.15, -0.1) is 10.9 Å². The predicted octanol–water partition coefficient (Wildman–Crippen LogP) is -0.133. The number of nitrogens with one attached hydrogen (secondary N) is 1. The first-order valence-corrected chi connectivity index (χ1v) is 9.26.